The summed E-state index contributed by atoms with van der Waals surface area (Å²) in [5.41, 5.74) is 3.49. The van der Waals surface area contributed by atoms with Gasteiger partial charge < -0.3 is 14.8 Å². The molecule has 0 saturated heterocycles. The molecule has 6 heteroatoms. The Hall–Kier alpha value is -2.95. The molecule has 0 fully saturated rings. The maximum Gasteiger partial charge on any atom is 0.248 e. The zero-order chi connectivity index (χ0) is 23.1. The average molecular weight is 470 g/mol. The van der Waals surface area contributed by atoms with Crippen LogP contribution in [0.3, 0.4) is 0 Å². The molecule has 0 unspecified atom stereocenters. The fourth-order valence-electron chi connectivity index (χ4n) is 3.03. The van der Waals surface area contributed by atoms with Gasteiger partial charge in [-0.2, -0.15) is 0 Å². The lowest BCUT2D eigenvalue weighted by Crippen LogP contribution is -2.07. The Balaban J connectivity index is 1.64. The zero-order valence-electron chi connectivity index (χ0n) is 18.2. The number of nitrogens with one attached hydrogen (secondary N) is 1. The molecule has 0 aliphatic carbocycles. The Labute approximate surface area is 198 Å². The van der Waals surface area contributed by atoms with Crippen molar-refractivity contribution in [1.29, 1.82) is 0 Å². The highest BCUT2D eigenvalue weighted by atomic mass is 35.5. The Bertz CT molecular complexity index is 1090. The molecule has 0 atom stereocenters. The Morgan fingerprint density at radius 1 is 1.00 bits per heavy atom. The van der Waals surface area contributed by atoms with E-state index in [0.717, 1.165) is 11.3 Å². The number of carbonyl (C=O) groups is 1. The van der Waals surface area contributed by atoms with E-state index in [9.17, 15) is 4.79 Å². The maximum atomic E-state index is 12.3. The van der Waals surface area contributed by atoms with E-state index in [2.05, 4.69) is 19.2 Å². The van der Waals surface area contributed by atoms with E-state index in [-0.39, 0.29) is 12.5 Å². The van der Waals surface area contributed by atoms with Gasteiger partial charge in [-0.3, -0.25) is 4.79 Å². The standard InChI is InChI=1S/C26H25Cl2NO3/c1-17(2)19-9-11-20(12-10-19)29-26(30)14-8-18-7-13-24(25(15-18)31-3)32-16-21-22(27)5-4-6-23(21)28/h4-15,17H,16H2,1-3H3,(H,29,30). The fourth-order valence-corrected chi connectivity index (χ4v) is 3.54. The number of benzene rings is 3. The second-order valence-electron chi connectivity index (χ2n) is 7.50. The fraction of sp³-hybridized carbons (Fsp3) is 0.192. The van der Waals surface area contributed by atoms with Crippen LogP contribution in [-0.4, -0.2) is 13.0 Å². The van der Waals surface area contributed by atoms with Crippen LogP contribution in [-0.2, 0) is 11.4 Å². The van der Waals surface area contributed by atoms with E-state index in [1.54, 1.807) is 43.5 Å². The molecule has 0 aromatic heterocycles. The average Bonchev–Trinajstić information content (AvgIpc) is 2.78. The monoisotopic (exact) mass is 469 g/mol. The van der Waals surface area contributed by atoms with Crippen LogP contribution in [0.4, 0.5) is 5.69 Å². The van der Waals surface area contributed by atoms with Gasteiger partial charge in [0.1, 0.15) is 6.61 Å². The molecule has 0 radical (unpaired) electrons. The highest BCUT2D eigenvalue weighted by Gasteiger charge is 2.10. The molecular weight excluding hydrogens is 445 g/mol. The predicted octanol–water partition coefficient (Wildman–Crippen LogP) is 7.36. The third kappa shape index (κ3) is 6.28. The summed E-state index contributed by atoms with van der Waals surface area (Å²) in [6.07, 6.45) is 3.20. The number of carbonyl (C=O) groups excluding carboxylic acids is 1. The van der Waals surface area contributed by atoms with Gasteiger partial charge >= 0.3 is 0 Å². The minimum Gasteiger partial charge on any atom is -0.493 e. The second kappa shape index (κ2) is 11.1. The highest BCUT2D eigenvalue weighted by Crippen LogP contribution is 2.31. The molecule has 3 aromatic rings. The molecule has 1 amide bonds. The largest absolute Gasteiger partial charge is 0.493 e. The first-order valence-electron chi connectivity index (χ1n) is 10.2. The molecular formula is C26H25Cl2NO3. The molecule has 4 nitrogen and oxygen atoms in total. The van der Waals surface area contributed by atoms with Crippen molar-refractivity contribution in [3.8, 4) is 11.5 Å². The van der Waals surface area contributed by atoms with Crippen molar-refractivity contribution in [3.63, 3.8) is 0 Å². The lowest BCUT2D eigenvalue weighted by atomic mass is 10.0. The molecule has 0 spiro atoms. The lowest BCUT2D eigenvalue weighted by molar-refractivity contribution is -0.111. The van der Waals surface area contributed by atoms with Crippen molar-refractivity contribution in [3.05, 3.63) is 93.5 Å². The summed E-state index contributed by atoms with van der Waals surface area (Å²) in [7, 11) is 1.56. The van der Waals surface area contributed by atoms with Crippen molar-refractivity contribution in [2.45, 2.75) is 26.4 Å². The Morgan fingerprint density at radius 3 is 2.31 bits per heavy atom. The van der Waals surface area contributed by atoms with E-state index in [4.69, 9.17) is 32.7 Å². The third-order valence-corrected chi connectivity index (χ3v) is 5.60. The van der Waals surface area contributed by atoms with E-state index in [0.29, 0.717) is 33.0 Å². The van der Waals surface area contributed by atoms with Crippen LogP contribution >= 0.6 is 23.2 Å². The van der Waals surface area contributed by atoms with Crippen molar-refractivity contribution < 1.29 is 14.3 Å². The van der Waals surface area contributed by atoms with Crippen LogP contribution in [0.1, 0.15) is 36.5 Å². The van der Waals surface area contributed by atoms with Gasteiger partial charge in [0.15, 0.2) is 11.5 Å². The highest BCUT2D eigenvalue weighted by molar-refractivity contribution is 6.35. The zero-order valence-corrected chi connectivity index (χ0v) is 19.7. The number of hydrogen-bond donors (Lipinski definition) is 1. The van der Waals surface area contributed by atoms with Crippen LogP contribution in [0.25, 0.3) is 6.08 Å². The van der Waals surface area contributed by atoms with Gasteiger partial charge in [-0.15, -0.1) is 0 Å². The van der Waals surface area contributed by atoms with Gasteiger partial charge in [-0.05, 0) is 59.5 Å². The number of methoxy groups -OCH3 is 1. The summed E-state index contributed by atoms with van der Waals surface area (Å²) in [6, 6.07) is 18.6. The normalized spacial score (nSPS) is 11.1. The van der Waals surface area contributed by atoms with Gasteiger partial charge in [0, 0.05) is 27.4 Å². The molecule has 3 rings (SSSR count). The van der Waals surface area contributed by atoms with Crippen molar-refractivity contribution in [2.75, 3.05) is 12.4 Å². The van der Waals surface area contributed by atoms with Crippen molar-refractivity contribution in [2.24, 2.45) is 0 Å². The molecule has 166 valence electrons. The molecule has 1 N–H and O–H groups in total. The number of amides is 1. The second-order valence-corrected chi connectivity index (χ2v) is 8.31. The van der Waals surface area contributed by atoms with Gasteiger partial charge in [-0.25, -0.2) is 0 Å². The minimum atomic E-state index is -0.213. The maximum absolute atomic E-state index is 12.3. The molecule has 0 saturated carbocycles. The summed E-state index contributed by atoms with van der Waals surface area (Å²) in [6.45, 7) is 4.47. The van der Waals surface area contributed by atoms with Crippen LogP contribution in [0.15, 0.2) is 66.7 Å². The van der Waals surface area contributed by atoms with Gasteiger partial charge in [0.05, 0.1) is 7.11 Å². The first-order chi connectivity index (χ1) is 15.4. The van der Waals surface area contributed by atoms with Crippen molar-refractivity contribution in [1.82, 2.24) is 0 Å². The molecule has 0 bridgehead atoms. The number of rotatable bonds is 8. The molecule has 0 aliphatic rings. The summed E-state index contributed by atoms with van der Waals surface area (Å²) in [5.74, 6) is 1.33. The third-order valence-electron chi connectivity index (χ3n) is 4.89. The summed E-state index contributed by atoms with van der Waals surface area (Å²) < 4.78 is 11.3. The van der Waals surface area contributed by atoms with E-state index >= 15 is 0 Å². The Kier molecular flexibility index (Phi) is 8.20. The summed E-state index contributed by atoms with van der Waals surface area (Å²) in [5, 5.41) is 3.95. The van der Waals surface area contributed by atoms with E-state index in [1.807, 2.05) is 30.3 Å². The van der Waals surface area contributed by atoms with Crippen LogP contribution < -0.4 is 14.8 Å². The topological polar surface area (TPSA) is 47.6 Å². The molecule has 32 heavy (non-hydrogen) atoms. The van der Waals surface area contributed by atoms with E-state index < -0.39 is 0 Å². The van der Waals surface area contributed by atoms with Crippen molar-refractivity contribution >= 4 is 40.9 Å². The summed E-state index contributed by atoms with van der Waals surface area (Å²) in [4.78, 5) is 12.3. The summed E-state index contributed by atoms with van der Waals surface area (Å²) >= 11 is 12.4. The van der Waals surface area contributed by atoms with Gasteiger partial charge in [0.25, 0.3) is 0 Å². The van der Waals surface area contributed by atoms with E-state index in [1.165, 1.54) is 11.6 Å². The quantitative estimate of drug-likeness (QED) is 0.350. The number of anilines is 1. The number of ether oxygens (including phenoxy) is 2. The SMILES string of the molecule is COc1cc(C=CC(=O)Nc2ccc(C(C)C)cc2)ccc1OCc1c(Cl)cccc1Cl. The van der Waals surface area contributed by atoms with Crippen LogP contribution in [0.2, 0.25) is 10.0 Å². The van der Waals surface area contributed by atoms with Crippen LogP contribution in [0.5, 0.6) is 11.5 Å². The predicted molar refractivity (Wildman–Crippen MR) is 132 cm³/mol. The molecule has 3 aromatic carbocycles. The van der Waals surface area contributed by atoms with Crippen LogP contribution in [0, 0.1) is 0 Å². The molecule has 0 aliphatic heterocycles. The first kappa shape index (κ1) is 23.7. The van der Waals surface area contributed by atoms with Gasteiger partial charge in [-0.1, -0.05) is 61.3 Å². The Morgan fingerprint density at radius 2 is 1.69 bits per heavy atom. The minimum absolute atomic E-state index is 0.210. The van der Waals surface area contributed by atoms with Gasteiger partial charge in [0.2, 0.25) is 5.91 Å². The number of hydrogen-bond acceptors (Lipinski definition) is 3. The first-order valence-corrected chi connectivity index (χ1v) is 11.0. The molecule has 0 heterocycles. The lowest BCUT2D eigenvalue weighted by Gasteiger charge is -2.13. The number of halogens is 2. The smallest absolute Gasteiger partial charge is 0.248 e.